The van der Waals surface area contributed by atoms with Crippen molar-refractivity contribution in [2.24, 2.45) is 12.8 Å². The second kappa shape index (κ2) is 5.08. The normalized spacial score (nSPS) is 12.7. The van der Waals surface area contributed by atoms with Crippen LogP contribution < -0.4 is 5.73 Å². The lowest BCUT2D eigenvalue weighted by molar-refractivity contribution is 0.622. The molecule has 0 aliphatic heterocycles. The number of aromatic nitrogens is 2. The Bertz CT molecular complexity index is 565. The molecule has 2 rings (SSSR count). The van der Waals surface area contributed by atoms with E-state index in [2.05, 4.69) is 5.10 Å². The second-order valence-electron chi connectivity index (χ2n) is 4.37. The van der Waals surface area contributed by atoms with Crippen molar-refractivity contribution >= 4 is 11.6 Å². The van der Waals surface area contributed by atoms with Crippen LogP contribution in [0.25, 0.3) is 0 Å². The molecular formula is C13H15ClFN3. The van der Waals surface area contributed by atoms with Crippen LogP contribution in [0.4, 0.5) is 4.39 Å². The summed E-state index contributed by atoms with van der Waals surface area (Å²) in [7, 11) is 1.87. The molecule has 0 spiro atoms. The number of rotatable bonds is 3. The van der Waals surface area contributed by atoms with Gasteiger partial charge < -0.3 is 5.73 Å². The molecule has 0 saturated carbocycles. The SMILES string of the molecule is Cc1c(C(N)Cc2ccc(Cl)c(F)c2)cnn1C. The van der Waals surface area contributed by atoms with Gasteiger partial charge in [-0.25, -0.2) is 4.39 Å². The predicted octanol–water partition coefficient (Wildman–Crippen LogP) is 2.76. The third kappa shape index (κ3) is 2.54. The molecule has 1 atom stereocenters. The van der Waals surface area contributed by atoms with Crippen molar-refractivity contribution < 1.29 is 4.39 Å². The standard InChI is InChI=1S/C13H15ClFN3/c1-8-10(7-17-18(8)2)13(16)6-9-3-4-11(14)12(15)5-9/h3-5,7,13H,6,16H2,1-2H3. The first kappa shape index (κ1) is 13.1. The Labute approximate surface area is 110 Å². The molecule has 5 heteroatoms. The summed E-state index contributed by atoms with van der Waals surface area (Å²) in [6.45, 7) is 1.96. The number of aryl methyl sites for hydroxylation is 1. The zero-order chi connectivity index (χ0) is 13.3. The van der Waals surface area contributed by atoms with Crippen molar-refractivity contribution in [2.45, 2.75) is 19.4 Å². The molecule has 2 N–H and O–H groups in total. The quantitative estimate of drug-likeness (QED) is 0.929. The lowest BCUT2D eigenvalue weighted by atomic mass is 10.0. The molecule has 0 radical (unpaired) electrons. The maximum Gasteiger partial charge on any atom is 0.142 e. The van der Waals surface area contributed by atoms with Gasteiger partial charge in [-0.05, 0) is 31.0 Å². The lowest BCUT2D eigenvalue weighted by Crippen LogP contribution is -2.14. The van der Waals surface area contributed by atoms with E-state index >= 15 is 0 Å². The van der Waals surface area contributed by atoms with Crippen LogP contribution >= 0.6 is 11.6 Å². The Balaban J connectivity index is 2.18. The summed E-state index contributed by atoms with van der Waals surface area (Å²) in [6, 6.07) is 4.57. The molecule has 0 aliphatic rings. The van der Waals surface area contributed by atoms with Crippen LogP contribution in [0, 0.1) is 12.7 Å². The minimum absolute atomic E-state index is 0.130. The van der Waals surface area contributed by atoms with Gasteiger partial charge in [0.25, 0.3) is 0 Å². The van der Waals surface area contributed by atoms with Crippen LogP contribution in [0.1, 0.15) is 22.9 Å². The first-order valence-electron chi connectivity index (χ1n) is 5.67. The van der Waals surface area contributed by atoms with Gasteiger partial charge in [-0.15, -0.1) is 0 Å². The van der Waals surface area contributed by atoms with Gasteiger partial charge in [0.1, 0.15) is 5.82 Å². The highest BCUT2D eigenvalue weighted by Crippen LogP contribution is 2.21. The first-order valence-corrected chi connectivity index (χ1v) is 6.05. The van der Waals surface area contributed by atoms with Crippen molar-refractivity contribution in [2.75, 3.05) is 0 Å². The second-order valence-corrected chi connectivity index (χ2v) is 4.78. The molecule has 18 heavy (non-hydrogen) atoms. The molecule has 1 unspecified atom stereocenters. The lowest BCUT2D eigenvalue weighted by Gasteiger charge is -2.11. The smallest absolute Gasteiger partial charge is 0.142 e. The minimum Gasteiger partial charge on any atom is -0.324 e. The number of halogens is 2. The highest BCUT2D eigenvalue weighted by atomic mass is 35.5. The van der Waals surface area contributed by atoms with Crippen LogP contribution in [0.5, 0.6) is 0 Å². The minimum atomic E-state index is -0.413. The summed E-state index contributed by atoms with van der Waals surface area (Å²) in [5.41, 5.74) is 8.95. The Hall–Kier alpha value is -1.39. The van der Waals surface area contributed by atoms with E-state index in [1.807, 2.05) is 14.0 Å². The van der Waals surface area contributed by atoms with E-state index in [1.54, 1.807) is 23.0 Å². The van der Waals surface area contributed by atoms with E-state index < -0.39 is 5.82 Å². The average Bonchev–Trinajstić information content (AvgIpc) is 2.65. The maximum atomic E-state index is 13.3. The van der Waals surface area contributed by atoms with Gasteiger partial charge >= 0.3 is 0 Å². The van der Waals surface area contributed by atoms with Gasteiger partial charge in [-0.2, -0.15) is 5.10 Å². The van der Waals surface area contributed by atoms with Crippen molar-refractivity contribution in [1.82, 2.24) is 9.78 Å². The highest BCUT2D eigenvalue weighted by molar-refractivity contribution is 6.30. The summed E-state index contributed by atoms with van der Waals surface area (Å²) in [6.07, 6.45) is 2.31. The molecule has 0 saturated heterocycles. The molecule has 96 valence electrons. The van der Waals surface area contributed by atoms with Gasteiger partial charge in [-0.1, -0.05) is 17.7 Å². The molecule has 0 amide bonds. The summed E-state index contributed by atoms with van der Waals surface area (Å²) in [5.74, 6) is -0.413. The van der Waals surface area contributed by atoms with Crippen LogP contribution in [0.2, 0.25) is 5.02 Å². The van der Waals surface area contributed by atoms with E-state index in [0.29, 0.717) is 6.42 Å². The van der Waals surface area contributed by atoms with E-state index in [4.69, 9.17) is 17.3 Å². The van der Waals surface area contributed by atoms with E-state index in [-0.39, 0.29) is 11.1 Å². The number of nitrogens with zero attached hydrogens (tertiary/aromatic N) is 2. The van der Waals surface area contributed by atoms with Gasteiger partial charge in [0.2, 0.25) is 0 Å². The fourth-order valence-electron chi connectivity index (χ4n) is 1.91. The average molecular weight is 268 g/mol. The zero-order valence-corrected chi connectivity index (χ0v) is 11.1. The van der Waals surface area contributed by atoms with Crippen molar-refractivity contribution in [3.8, 4) is 0 Å². The molecule has 0 fully saturated rings. The van der Waals surface area contributed by atoms with Crippen molar-refractivity contribution in [3.05, 3.63) is 52.1 Å². The zero-order valence-electron chi connectivity index (χ0n) is 10.3. The van der Waals surface area contributed by atoms with Gasteiger partial charge in [0, 0.05) is 24.3 Å². The molecule has 1 heterocycles. The molecule has 1 aromatic carbocycles. The summed E-state index contributed by atoms with van der Waals surface area (Å²) < 4.78 is 15.1. The fraction of sp³-hybridized carbons (Fsp3) is 0.308. The summed E-state index contributed by atoms with van der Waals surface area (Å²) >= 11 is 5.64. The van der Waals surface area contributed by atoms with Gasteiger partial charge in [0.05, 0.1) is 11.2 Å². The molecule has 1 aromatic heterocycles. The predicted molar refractivity (Wildman–Crippen MR) is 70.0 cm³/mol. The van der Waals surface area contributed by atoms with Crippen molar-refractivity contribution in [3.63, 3.8) is 0 Å². The van der Waals surface area contributed by atoms with Crippen LogP contribution in [-0.4, -0.2) is 9.78 Å². The molecular weight excluding hydrogens is 253 g/mol. The Morgan fingerprint density at radius 2 is 2.22 bits per heavy atom. The third-order valence-corrected chi connectivity index (χ3v) is 3.42. The monoisotopic (exact) mass is 267 g/mol. The molecule has 0 aliphatic carbocycles. The summed E-state index contributed by atoms with van der Waals surface area (Å²) in [5, 5.41) is 4.28. The number of hydrogen-bond donors (Lipinski definition) is 1. The Morgan fingerprint density at radius 3 is 2.78 bits per heavy atom. The first-order chi connectivity index (χ1) is 8.49. The van der Waals surface area contributed by atoms with Crippen LogP contribution in [-0.2, 0) is 13.5 Å². The van der Waals surface area contributed by atoms with Gasteiger partial charge in [0.15, 0.2) is 0 Å². The largest absolute Gasteiger partial charge is 0.324 e. The van der Waals surface area contributed by atoms with E-state index in [1.165, 1.54) is 6.07 Å². The third-order valence-electron chi connectivity index (χ3n) is 3.11. The Kier molecular flexibility index (Phi) is 3.68. The van der Waals surface area contributed by atoms with E-state index in [9.17, 15) is 4.39 Å². The highest BCUT2D eigenvalue weighted by Gasteiger charge is 2.13. The number of hydrogen-bond acceptors (Lipinski definition) is 2. The maximum absolute atomic E-state index is 13.3. The number of benzene rings is 1. The van der Waals surface area contributed by atoms with Crippen molar-refractivity contribution in [1.29, 1.82) is 0 Å². The number of nitrogens with two attached hydrogens (primary N) is 1. The van der Waals surface area contributed by atoms with Gasteiger partial charge in [-0.3, -0.25) is 4.68 Å². The summed E-state index contributed by atoms with van der Waals surface area (Å²) in [4.78, 5) is 0. The van der Waals surface area contributed by atoms with E-state index in [0.717, 1.165) is 16.8 Å². The van der Waals surface area contributed by atoms with Crippen LogP contribution in [0.3, 0.4) is 0 Å². The van der Waals surface area contributed by atoms with Crippen LogP contribution in [0.15, 0.2) is 24.4 Å². The molecule has 3 nitrogen and oxygen atoms in total. The Morgan fingerprint density at radius 1 is 1.50 bits per heavy atom. The molecule has 0 bridgehead atoms. The fourth-order valence-corrected chi connectivity index (χ4v) is 2.03. The topological polar surface area (TPSA) is 43.8 Å². The molecule has 2 aromatic rings.